The van der Waals surface area contributed by atoms with Gasteiger partial charge < -0.3 is 20.9 Å². The fourth-order valence-corrected chi connectivity index (χ4v) is 6.01. The molecule has 4 heteroatoms. The highest BCUT2D eigenvalue weighted by Gasteiger charge is 2.46. The van der Waals surface area contributed by atoms with Crippen molar-refractivity contribution in [2.45, 2.75) is 5.41 Å². The lowest BCUT2D eigenvalue weighted by molar-refractivity contribution is 0.482. The molecule has 0 saturated carbocycles. The molecule has 0 radical (unpaired) electrons. The fraction of sp³-hybridized carbons (Fsp3) is 0.0270. The van der Waals surface area contributed by atoms with Gasteiger partial charge in [-0.3, -0.25) is 0 Å². The van der Waals surface area contributed by atoms with E-state index in [1.54, 1.807) is 0 Å². The fourth-order valence-electron chi connectivity index (χ4n) is 6.01. The molecule has 0 aliphatic heterocycles. The Morgan fingerprint density at radius 2 is 0.829 bits per heavy atom. The van der Waals surface area contributed by atoms with Crippen molar-refractivity contribution < 1.29 is 9.47 Å². The first-order valence-corrected chi connectivity index (χ1v) is 13.6. The molecular weight excluding hydrogens is 504 g/mol. The van der Waals surface area contributed by atoms with Gasteiger partial charge in [0, 0.05) is 0 Å². The van der Waals surface area contributed by atoms with Crippen molar-refractivity contribution in [3.8, 4) is 34.1 Å². The second kappa shape index (κ2) is 9.92. The molecule has 4 N–H and O–H groups in total. The molecule has 0 spiro atoms. The van der Waals surface area contributed by atoms with E-state index in [-0.39, 0.29) is 0 Å². The topological polar surface area (TPSA) is 70.5 Å². The molecule has 0 aromatic heterocycles. The molecule has 6 aromatic rings. The quantitative estimate of drug-likeness (QED) is 0.210. The van der Waals surface area contributed by atoms with Crippen LogP contribution >= 0.6 is 0 Å². The van der Waals surface area contributed by atoms with Gasteiger partial charge in [-0.1, -0.05) is 97.1 Å². The molecule has 1 aliphatic rings. The van der Waals surface area contributed by atoms with Gasteiger partial charge in [0.25, 0.3) is 0 Å². The van der Waals surface area contributed by atoms with Gasteiger partial charge in [0.15, 0.2) is 0 Å². The van der Waals surface area contributed by atoms with Crippen molar-refractivity contribution in [2.75, 3.05) is 11.5 Å². The summed E-state index contributed by atoms with van der Waals surface area (Å²) >= 11 is 0. The minimum Gasteiger partial charge on any atom is -0.455 e. The number of hydrogen-bond acceptors (Lipinski definition) is 4. The van der Waals surface area contributed by atoms with Gasteiger partial charge >= 0.3 is 0 Å². The maximum Gasteiger partial charge on any atom is 0.150 e. The molecule has 0 bridgehead atoms. The highest BCUT2D eigenvalue weighted by Crippen LogP contribution is 2.56. The first-order chi connectivity index (χ1) is 20.1. The minimum atomic E-state index is -0.615. The smallest absolute Gasteiger partial charge is 0.150 e. The molecule has 198 valence electrons. The van der Waals surface area contributed by atoms with Gasteiger partial charge in [-0.2, -0.15) is 0 Å². The monoisotopic (exact) mass is 532 g/mol. The van der Waals surface area contributed by atoms with Crippen LogP contribution in [0, 0.1) is 0 Å². The largest absolute Gasteiger partial charge is 0.455 e. The Labute approximate surface area is 239 Å². The third-order valence-corrected chi connectivity index (χ3v) is 7.78. The van der Waals surface area contributed by atoms with Gasteiger partial charge in [0.2, 0.25) is 0 Å². The van der Waals surface area contributed by atoms with Gasteiger partial charge in [-0.05, 0) is 81.9 Å². The van der Waals surface area contributed by atoms with Crippen molar-refractivity contribution in [3.63, 3.8) is 0 Å². The molecule has 0 unspecified atom stereocenters. The molecule has 4 nitrogen and oxygen atoms in total. The van der Waals surface area contributed by atoms with Crippen LogP contribution in [0.3, 0.4) is 0 Å². The van der Waals surface area contributed by atoms with E-state index >= 15 is 0 Å². The first kappa shape index (κ1) is 24.6. The number of anilines is 2. The van der Waals surface area contributed by atoms with E-state index in [0.29, 0.717) is 34.4 Å². The summed E-state index contributed by atoms with van der Waals surface area (Å²) in [7, 11) is 0. The maximum absolute atomic E-state index is 6.32. The lowest BCUT2D eigenvalue weighted by atomic mass is 9.67. The number of nitrogen functional groups attached to an aromatic ring is 2. The van der Waals surface area contributed by atoms with Crippen LogP contribution in [-0.2, 0) is 5.41 Å². The second-order valence-electron chi connectivity index (χ2n) is 10.2. The van der Waals surface area contributed by atoms with E-state index in [4.69, 9.17) is 20.9 Å². The van der Waals surface area contributed by atoms with Crippen LogP contribution < -0.4 is 20.9 Å². The number of para-hydroxylation sites is 4. The molecule has 0 heterocycles. The average molecular weight is 533 g/mol. The second-order valence-corrected chi connectivity index (χ2v) is 10.2. The first-order valence-electron chi connectivity index (χ1n) is 13.6. The molecule has 1 aliphatic carbocycles. The van der Waals surface area contributed by atoms with Crippen LogP contribution in [0.4, 0.5) is 11.4 Å². The minimum absolute atomic E-state index is 0.592. The zero-order valence-corrected chi connectivity index (χ0v) is 22.3. The standard InChI is InChI=1S/C37H28N2O2/c38-33-19-5-7-21-35(33)40-27-13-9-11-25(23-27)37(31-17-3-1-15-29(31)30-16-2-4-18-32(30)37)26-12-10-14-28(24-26)41-36-22-8-6-20-34(36)39/h1-24H,38-39H2. The van der Waals surface area contributed by atoms with Gasteiger partial charge in [-0.25, -0.2) is 0 Å². The van der Waals surface area contributed by atoms with Crippen molar-refractivity contribution in [3.05, 3.63) is 168 Å². The van der Waals surface area contributed by atoms with Crippen molar-refractivity contribution in [2.24, 2.45) is 0 Å². The molecule has 6 aromatic carbocycles. The molecule has 0 fully saturated rings. The number of benzene rings is 6. The highest BCUT2D eigenvalue weighted by atomic mass is 16.5. The predicted octanol–water partition coefficient (Wildman–Crippen LogP) is 8.80. The lowest BCUT2D eigenvalue weighted by Gasteiger charge is -2.34. The average Bonchev–Trinajstić information content (AvgIpc) is 3.31. The molecule has 0 atom stereocenters. The van der Waals surface area contributed by atoms with Crippen LogP contribution in [0.2, 0.25) is 0 Å². The number of hydrogen-bond donors (Lipinski definition) is 2. The summed E-state index contributed by atoms with van der Waals surface area (Å²) in [5.41, 5.74) is 20.0. The van der Waals surface area contributed by atoms with Gasteiger partial charge in [0.05, 0.1) is 16.8 Å². The van der Waals surface area contributed by atoms with E-state index < -0.39 is 5.41 Å². The molecule has 41 heavy (non-hydrogen) atoms. The summed E-state index contributed by atoms with van der Waals surface area (Å²) in [5, 5.41) is 0. The normalized spacial score (nSPS) is 12.8. The third-order valence-electron chi connectivity index (χ3n) is 7.78. The summed E-state index contributed by atoms with van der Waals surface area (Å²) in [6, 6.07) is 48.9. The Morgan fingerprint density at radius 3 is 1.29 bits per heavy atom. The Balaban J connectivity index is 1.45. The molecule has 0 saturated heterocycles. The zero-order chi connectivity index (χ0) is 27.8. The Hall–Kier alpha value is -5.48. The van der Waals surface area contributed by atoms with Gasteiger partial charge in [0.1, 0.15) is 23.0 Å². The van der Waals surface area contributed by atoms with E-state index in [2.05, 4.69) is 72.8 Å². The zero-order valence-electron chi connectivity index (χ0n) is 22.3. The van der Waals surface area contributed by atoms with E-state index in [9.17, 15) is 0 Å². The van der Waals surface area contributed by atoms with E-state index in [0.717, 1.165) is 11.1 Å². The van der Waals surface area contributed by atoms with Crippen LogP contribution in [0.25, 0.3) is 11.1 Å². The number of fused-ring (bicyclic) bond motifs is 3. The Bertz CT molecular complexity index is 1760. The number of ether oxygens (including phenoxy) is 2. The van der Waals surface area contributed by atoms with Crippen LogP contribution in [0.1, 0.15) is 22.3 Å². The predicted molar refractivity (Wildman–Crippen MR) is 166 cm³/mol. The number of rotatable bonds is 6. The third kappa shape index (κ3) is 4.09. The maximum atomic E-state index is 6.32. The van der Waals surface area contributed by atoms with Gasteiger partial charge in [-0.15, -0.1) is 0 Å². The summed E-state index contributed by atoms with van der Waals surface area (Å²) in [6.07, 6.45) is 0. The SMILES string of the molecule is Nc1ccccc1Oc1cccc(C2(c3cccc(Oc4ccccc4N)c3)c3ccccc3-c3ccccc32)c1. The van der Waals surface area contributed by atoms with Crippen LogP contribution in [-0.4, -0.2) is 0 Å². The highest BCUT2D eigenvalue weighted by molar-refractivity contribution is 5.86. The summed E-state index contributed by atoms with van der Waals surface area (Å²) < 4.78 is 12.6. The molecule has 7 rings (SSSR count). The number of nitrogens with two attached hydrogens (primary N) is 2. The summed E-state index contributed by atoms with van der Waals surface area (Å²) in [6.45, 7) is 0. The molecule has 0 amide bonds. The van der Waals surface area contributed by atoms with Crippen LogP contribution in [0.5, 0.6) is 23.0 Å². The summed E-state index contributed by atoms with van der Waals surface area (Å²) in [4.78, 5) is 0. The lowest BCUT2D eigenvalue weighted by Crippen LogP contribution is -2.28. The Kier molecular flexibility index (Phi) is 5.94. The van der Waals surface area contributed by atoms with Crippen molar-refractivity contribution in [1.29, 1.82) is 0 Å². The molecular formula is C37H28N2O2. The van der Waals surface area contributed by atoms with Crippen molar-refractivity contribution >= 4 is 11.4 Å². The van der Waals surface area contributed by atoms with E-state index in [1.165, 1.54) is 22.3 Å². The van der Waals surface area contributed by atoms with Crippen LogP contribution in [0.15, 0.2) is 146 Å². The van der Waals surface area contributed by atoms with E-state index in [1.807, 2.05) is 72.8 Å². The Morgan fingerprint density at radius 1 is 0.415 bits per heavy atom. The summed E-state index contributed by atoms with van der Waals surface area (Å²) in [5.74, 6) is 2.68. The van der Waals surface area contributed by atoms with Crippen molar-refractivity contribution in [1.82, 2.24) is 0 Å².